The van der Waals surface area contributed by atoms with Crippen LogP contribution in [0, 0.1) is 6.92 Å². The van der Waals surface area contributed by atoms with Crippen molar-refractivity contribution in [2.75, 3.05) is 11.9 Å². The van der Waals surface area contributed by atoms with Gasteiger partial charge in [-0.3, -0.25) is 0 Å². The molecule has 6 nitrogen and oxygen atoms in total. The van der Waals surface area contributed by atoms with Crippen molar-refractivity contribution >= 4 is 28.3 Å². The highest BCUT2D eigenvalue weighted by Gasteiger charge is 2.17. The van der Waals surface area contributed by atoms with Crippen LogP contribution < -0.4 is 5.32 Å². The first-order valence-corrected chi connectivity index (χ1v) is 10.3. The van der Waals surface area contributed by atoms with E-state index in [4.69, 9.17) is 9.97 Å². The standard InChI is InChI=1S/C21H23N5OS/c1-13(2)26-12-23-18-20(22-9-8-15-4-6-16(27)7-5-15)24-19(25-21(18)26)17-11-28-10-14(17)3/h4-7,10-13,27H,8-9H2,1-3H3,(H,22,24,25). The van der Waals surface area contributed by atoms with Crippen LogP contribution in [0.15, 0.2) is 41.4 Å². The molecule has 28 heavy (non-hydrogen) atoms. The molecule has 0 saturated carbocycles. The fraction of sp³-hybridized carbons (Fsp3) is 0.286. The second-order valence-electron chi connectivity index (χ2n) is 7.13. The van der Waals surface area contributed by atoms with Gasteiger partial charge in [0.05, 0.1) is 6.33 Å². The third kappa shape index (κ3) is 3.57. The summed E-state index contributed by atoms with van der Waals surface area (Å²) >= 11 is 1.66. The van der Waals surface area contributed by atoms with Crippen molar-refractivity contribution in [3.8, 4) is 17.1 Å². The minimum atomic E-state index is 0.265. The number of phenolic OH excluding ortho intramolecular Hbond substituents is 1. The van der Waals surface area contributed by atoms with Gasteiger partial charge in [0.15, 0.2) is 17.3 Å². The lowest BCUT2D eigenvalue weighted by molar-refractivity contribution is 0.475. The quantitative estimate of drug-likeness (QED) is 0.492. The average Bonchev–Trinajstić information content (AvgIpc) is 3.29. The van der Waals surface area contributed by atoms with E-state index in [1.807, 2.05) is 18.5 Å². The SMILES string of the molecule is Cc1cscc1-c1nc(NCCc2ccc(O)cc2)c2ncn(C(C)C)c2n1. The molecule has 0 saturated heterocycles. The number of benzene rings is 1. The maximum Gasteiger partial charge on any atom is 0.166 e. The number of imidazole rings is 1. The largest absolute Gasteiger partial charge is 0.508 e. The summed E-state index contributed by atoms with van der Waals surface area (Å²) in [7, 11) is 0. The van der Waals surface area contributed by atoms with E-state index in [1.165, 1.54) is 5.56 Å². The van der Waals surface area contributed by atoms with Crippen LogP contribution in [0.1, 0.15) is 31.0 Å². The molecule has 7 heteroatoms. The number of fused-ring (bicyclic) bond motifs is 1. The number of nitrogens with one attached hydrogen (secondary N) is 1. The highest BCUT2D eigenvalue weighted by atomic mass is 32.1. The van der Waals surface area contributed by atoms with E-state index < -0.39 is 0 Å². The third-order valence-electron chi connectivity index (χ3n) is 4.72. The number of aromatic hydroxyl groups is 1. The van der Waals surface area contributed by atoms with E-state index in [2.05, 4.69) is 46.4 Å². The second-order valence-corrected chi connectivity index (χ2v) is 7.87. The van der Waals surface area contributed by atoms with Gasteiger partial charge in [-0.05, 0) is 55.8 Å². The van der Waals surface area contributed by atoms with Crippen molar-refractivity contribution in [3.05, 3.63) is 52.5 Å². The van der Waals surface area contributed by atoms with Crippen molar-refractivity contribution in [2.24, 2.45) is 0 Å². The lowest BCUT2D eigenvalue weighted by Gasteiger charge is -2.11. The topological polar surface area (TPSA) is 75.9 Å². The molecular formula is C21H23N5OS. The summed E-state index contributed by atoms with van der Waals surface area (Å²) in [5.74, 6) is 1.76. The van der Waals surface area contributed by atoms with Crippen molar-refractivity contribution in [2.45, 2.75) is 33.2 Å². The summed E-state index contributed by atoms with van der Waals surface area (Å²) in [6, 6.07) is 7.54. The summed E-state index contributed by atoms with van der Waals surface area (Å²) in [5, 5.41) is 17.1. The molecule has 0 radical (unpaired) electrons. The monoisotopic (exact) mass is 393 g/mol. The number of hydrogen-bond donors (Lipinski definition) is 2. The number of aromatic nitrogens is 4. The van der Waals surface area contributed by atoms with Gasteiger partial charge in [-0.25, -0.2) is 15.0 Å². The number of aryl methyl sites for hydroxylation is 1. The summed E-state index contributed by atoms with van der Waals surface area (Å²) in [5.41, 5.74) is 5.02. The molecule has 144 valence electrons. The van der Waals surface area contributed by atoms with Gasteiger partial charge in [-0.2, -0.15) is 11.3 Å². The van der Waals surface area contributed by atoms with Gasteiger partial charge in [0.1, 0.15) is 11.3 Å². The first-order chi connectivity index (χ1) is 13.5. The molecular weight excluding hydrogens is 370 g/mol. The third-order valence-corrected chi connectivity index (χ3v) is 5.58. The summed E-state index contributed by atoms with van der Waals surface area (Å²) in [4.78, 5) is 14.2. The van der Waals surface area contributed by atoms with Crippen molar-refractivity contribution < 1.29 is 5.11 Å². The van der Waals surface area contributed by atoms with Gasteiger partial charge < -0.3 is 15.0 Å². The van der Waals surface area contributed by atoms with E-state index in [9.17, 15) is 5.11 Å². The highest BCUT2D eigenvalue weighted by Crippen LogP contribution is 2.29. The Hall–Kier alpha value is -2.93. The lowest BCUT2D eigenvalue weighted by atomic mass is 10.1. The molecule has 0 spiro atoms. The molecule has 0 aliphatic rings. The Kier molecular flexibility index (Phi) is 5.00. The van der Waals surface area contributed by atoms with Crippen LogP contribution in [0.5, 0.6) is 5.75 Å². The zero-order valence-electron chi connectivity index (χ0n) is 16.2. The molecule has 0 unspecified atom stereocenters. The molecule has 0 amide bonds. The van der Waals surface area contributed by atoms with E-state index >= 15 is 0 Å². The molecule has 0 aliphatic heterocycles. The molecule has 0 bridgehead atoms. The predicted octanol–water partition coefficient (Wildman–Crippen LogP) is 4.80. The van der Waals surface area contributed by atoms with E-state index in [0.29, 0.717) is 6.54 Å². The number of phenols is 1. The number of hydrogen-bond acceptors (Lipinski definition) is 6. The van der Waals surface area contributed by atoms with Gasteiger partial charge >= 0.3 is 0 Å². The number of anilines is 1. The van der Waals surface area contributed by atoms with Crippen molar-refractivity contribution in [1.29, 1.82) is 0 Å². The summed E-state index contributed by atoms with van der Waals surface area (Å²) < 4.78 is 2.08. The summed E-state index contributed by atoms with van der Waals surface area (Å²) in [6.07, 6.45) is 2.66. The fourth-order valence-electron chi connectivity index (χ4n) is 3.12. The maximum absolute atomic E-state index is 9.43. The number of rotatable bonds is 6. The first-order valence-electron chi connectivity index (χ1n) is 9.32. The molecule has 3 heterocycles. The highest BCUT2D eigenvalue weighted by molar-refractivity contribution is 7.08. The number of thiophene rings is 1. The van der Waals surface area contributed by atoms with Crippen LogP contribution in [0.2, 0.25) is 0 Å². The zero-order valence-corrected chi connectivity index (χ0v) is 17.0. The van der Waals surface area contributed by atoms with Gasteiger partial charge in [0, 0.05) is 23.5 Å². The van der Waals surface area contributed by atoms with Crippen molar-refractivity contribution in [3.63, 3.8) is 0 Å². The van der Waals surface area contributed by atoms with Crippen LogP contribution in [0.4, 0.5) is 5.82 Å². The number of nitrogens with zero attached hydrogens (tertiary/aromatic N) is 4. The molecule has 2 N–H and O–H groups in total. The Morgan fingerprint density at radius 2 is 1.93 bits per heavy atom. The fourth-order valence-corrected chi connectivity index (χ4v) is 3.94. The first kappa shape index (κ1) is 18.4. The molecule has 0 fully saturated rings. The van der Waals surface area contributed by atoms with Gasteiger partial charge in [-0.15, -0.1) is 0 Å². The molecule has 4 aromatic rings. The van der Waals surface area contributed by atoms with E-state index in [1.54, 1.807) is 23.5 Å². The molecule has 1 aromatic carbocycles. The predicted molar refractivity (Wildman–Crippen MR) is 114 cm³/mol. The second kappa shape index (κ2) is 7.59. The lowest BCUT2D eigenvalue weighted by Crippen LogP contribution is -2.09. The minimum absolute atomic E-state index is 0.265. The molecule has 3 aromatic heterocycles. The van der Waals surface area contributed by atoms with Crippen LogP contribution in [-0.4, -0.2) is 31.2 Å². The van der Waals surface area contributed by atoms with Crippen LogP contribution in [-0.2, 0) is 6.42 Å². The smallest absolute Gasteiger partial charge is 0.166 e. The average molecular weight is 394 g/mol. The Morgan fingerprint density at radius 1 is 1.14 bits per heavy atom. The Balaban J connectivity index is 1.67. The normalized spacial score (nSPS) is 11.4. The van der Waals surface area contributed by atoms with Gasteiger partial charge in [0.2, 0.25) is 0 Å². The van der Waals surface area contributed by atoms with Crippen LogP contribution >= 0.6 is 11.3 Å². The van der Waals surface area contributed by atoms with E-state index in [0.717, 1.165) is 40.4 Å². The Labute approximate surface area is 167 Å². The zero-order chi connectivity index (χ0) is 19.7. The molecule has 0 aliphatic carbocycles. The molecule has 0 atom stereocenters. The van der Waals surface area contributed by atoms with Crippen molar-refractivity contribution in [1.82, 2.24) is 19.5 Å². The van der Waals surface area contributed by atoms with E-state index in [-0.39, 0.29) is 11.8 Å². The molecule has 4 rings (SSSR count). The Morgan fingerprint density at radius 3 is 2.61 bits per heavy atom. The summed E-state index contributed by atoms with van der Waals surface area (Å²) in [6.45, 7) is 7.04. The maximum atomic E-state index is 9.43. The van der Waals surface area contributed by atoms with Gasteiger partial charge in [0.25, 0.3) is 0 Å². The van der Waals surface area contributed by atoms with Gasteiger partial charge in [-0.1, -0.05) is 12.1 Å². The van der Waals surface area contributed by atoms with Crippen LogP contribution in [0.25, 0.3) is 22.6 Å². The Bertz CT molecular complexity index is 1100. The van der Waals surface area contributed by atoms with Crippen LogP contribution in [0.3, 0.4) is 0 Å². The minimum Gasteiger partial charge on any atom is -0.508 e.